The van der Waals surface area contributed by atoms with Gasteiger partial charge in [0.1, 0.15) is 30.4 Å². The predicted octanol–water partition coefficient (Wildman–Crippen LogP) is 4.15. The summed E-state index contributed by atoms with van der Waals surface area (Å²) < 4.78 is 11.3. The summed E-state index contributed by atoms with van der Waals surface area (Å²) in [6, 6.07) is 10.4. The first-order chi connectivity index (χ1) is 16.9. The van der Waals surface area contributed by atoms with Gasteiger partial charge in [0.2, 0.25) is 0 Å². The van der Waals surface area contributed by atoms with Gasteiger partial charge in [0.15, 0.2) is 0 Å². The molecule has 0 unspecified atom stereocenters. The number of hydrogen-bond donors (Lipinski definition) is 2. The maximum atomic E-state index is 12.7. The van der Waals surface area contributed by atoms with Gasteiger partial charge in [0.05, 0.1) is 19.8 Å². The Morgan fingerprint density at radius 3 is 2.17 bits per heavy atom. The van der Waals surface area contributed by atoms with Gasteiger partial charge in [0, 0.05) is 18.1 Å². The van der Waals surface area contributed by atoms with Gasteiger partial charge < -0.3 is 24.7 Å². The third kappa shape index (κ3) is 6.48. The number of methoxy groups -OCH3 is 2. The molecular formula is C26H32N2O6S. The molecule has 0 bridgehead atoms. The first kappa shape index (κ1) is 26.4. The topological polar surface area (TPSA) is 106 Å². The van der Waals surface area contributed by atoms with E-state index in [2.05, 4.69) is 10.5 Å². The van der Waals surface area contributed by atoms with E-state index in [4.69, 9.17) is 14.3 Å². The highest BCUT2D eigenvalue weighted by Gasteiger charge is 2.31. The number of nitrogens with one attached hydrogen (secondary N) is 1. The van der Waals surface area contributed by atoms with Crippen molar-refractivity contribution in [3.05, 3.63) is 47.5 Å². The van der Waals surface area contributed by atoms with Crippen molar-refractivity contribution in [3.63, 3.8) is 0 Å². The van der Waals surface area contributed by atoms with E-state index in [1.165, 1.54) is 7.11 Å². The highest BCUT2D eigenvalue weighted by atomic mass is 32.2. The summed E-state index contributed by atoms with van der Waals surface area (Å²) in [6.07, 6.45) is 4.88. The summed E-state index contributed by atoms with van der Waals surface area (Å²) >= 11 is 1.72. The van der Waals surface area contributed by atoms with E-state index in [0.717, 1.165) is 47.3 Å². The molecule has 0 heterocycles. The highest BCUT2D eigenvalue weighted by molar-refractivity contribution is 7.97. The second kappa shape index (κ2) is 12.5. The van der Waals surface area contributed by atoms with E-state index in [9.17, 15) is 14.7 Å². The number of rotatable bonds is 12. The Morgan fingerprint density at radius 1 is 1.09 bits per heavy atom. The summed E-state index contributed by atoms with van der Waals surface area (Å²) in [5, 5.41) is 16.2. The minimum absolute atomic E-state index is 0.0101. The number of thioether (sulfide) groups is 1. The molecule has 35 heavy (non-hydrogen) atoms. The van der Waals surface area contributed by atoms with Crippen LogP contribution in [-0.4, -0.2) is 56.3 Å². The molecule has 0 aliphatic heterocycles. The fourth-order valence-electron chi connectivity index (χ4n) is 4.06. The normalized spacial score (nSPS) is 14.6. The van der Waals surface area contributed by atoms with Crippen molar-refractivity contribution >= 4 is 29.4 Å². The SMILES string of the molecule is CON=C(C(=O)N[C@@H](Cc1ccc(-c2c(OC)cc(CSC)cc2OC)cc1)C(=O)O)C1CCC1. The molecule has 188 valence electrons. The maximum Gasteiger partial charge on any atom is 0.326 e. The van der Waals surface area contributed by atoms with E-state index in [1.54, 1.807) is 26.0 Å². The van der Waals surface area contributed by atoms with Gasteiger partial charge in [-0.05, 0) is 47.9 Å². The summed E-state index contributed by atoms with van der Waals surface area (Å²) in [7, 11) is 4.63. The molecule has 9 heteroatoms. The van der Waals surface area contributed by atoms with Crippen LogP contribution in [0.5, 0.6) is 11.5 Å². The summed E-state index contributed by atoms with van der Waals surface area (Å²) in [6.45, 7) is 0. The highest BCUT2D eigenvalue weighted by Crippen LogP contribution is 2.40. The zero-order chi connectivity index (χ0) is 25.4. The van der Waals surface area contributed by atoms with Crippen LogP contribution in [0.1, 0.15) is 30.4 Å². The predicted molar refractivity (Wildman–Crippen MR) is 137 cm³/mol. The number of carbonyl (C=O) groups is 2. The van der Waals surface area contributed by atoms with Gasteiger partial charge in [-0.3, -0.25) is 4.79 Å². The number of aliphatic carboxylic acids is 1. The molecule has 2 aromatic carbocycles. The van der Waals surface area contributed by atoms with Crippen LogP contribution in [0.15, 0.2) is 41.6 Å². The van der Waals surface area contributed by atoms with Crippen molar-refractivity contribution in [2.45, 2.75) is 37.5 Å². The van der Waals surface area contributed by atoms with Crippen LogP contribution in [0.4, 0.5) is 0 Å². The Hall–Kier alpha value is -3.20. The second-order valence-electron chi connectivity index (χ2n) is 8.36. The van der Waals surface area contributed by atoms with Gasteiger partial charge in [-0.25, -0.2) is 4.79 Å². The van der Waals surface area contributed by atoms with E-state index in [0.29, 0.717) is 11.5 Å². The van der Waals surface area contributed by atoms with Gasteiger partial charge in [-0.2, -0.15) is 11.8 Å². The van der Waals surface area contributed by atoms with Gasteiger partial charge >= 0.3 is 5.97 Å². The number of oxime groups is 1. The molecule has 1 aliphatic rings. The van der Waals surface area contributed by atoms with Crippen molar-refractivity contribution < 1.29 is 29.0 Å². The summed E-state index contributed by atoms with van der Waals surface area (Å²) in [5.41, 5.74) is 3.84. The lowest BCUT2D eigenvalue weighted by molar-refractivity contribution is -0.141. The quantitative estimate of drug-likeness (QED) is 0.333. The molecule has 0 radical (unpaired) electrons. The van der Waals surface area contributed by atoms with E-state index in [-0.39, 0.29) is 18.1 Å². The molecule has 3 rings (SSSR count). The van der Waals surface area contributed by atoms with E-state index in [1.807, 2.05) is 42.7 Å². The maximum absolute atomic E-state index is 12.7. The number of ether oxygens (including phenoxy) is 2. The lowest BCUT2D eigenvalue weighted by atomic mass is 9.81. The number of carboxylic acid groups (broad SMARTS) is 1. The smallest absolute Gasteiger partial charge is 0.326 e. The lowest BCUT2D eigenvalue weighted by Crippen LogP contribution is -2.47. The van der Waals surface area contributed by atoms with Crippen LogP contribution < -0.4 is 14.8 Å². The standard InChI is InChI=1S/C26H32N2O6S/c1-32-21-13-17(15-35-4)14-22(33-2)23(21)18-10-8-16(9-11-18)12-20(26(30)31)27-25(29)24(28-34-3)19-6-5-7-19/h8-11,13-14,19-20H,5-7,12,15H2,1-4H3,(H,27,29)(H,30,31)/t20-/m0/s1. The number of nitrogens with zero attached hydrogens (tertiary/aromatic N) is 1. The van der Waals surface area contributed by atoms with Gasteiger partial charge in [-0.1, -0.05) is 35.8 Å². The number of carboxylic acids is 1. The Labute approximate surface area is 210 Å². The largest absolute Gasteiger partial charge is 0.496 e. The number of benzene rings is 2. The molecule has 1 atom stereocenters. The van der Waals surface area contributed by atoms with Crippen molar-refractivity contribution in [3.8, 4) is 22.6 Å². The molecule has 0 spiro atoms. The van der Waals surface area contributed by atoms with Crippen LogP contribution >= 0.6 is 11.8 Å². The Bertz CT molecular complexity index is 1040. The first-order valence-electron chi connectivity index (χ1n) is 11.4. The Morgan fingerprint density at radius 2 is 1.71 bits per heavy atom. The summed E-state index contributed by atoms with van der Waals surface area (Å²) in [4.78, 5) is 29.4. The summed E-state index contributed by atoms with van der Waals surface area (Å²) in [5.74, 6) is 0.651. The minimum Gasteiger partial charge on any atom is -0.496 e. The molecular weight excluding hydrogens is 468 g/mol. The van der Waals surface area contributed by atoms with E-state index >= 15 is 0 Å². The minimum atomic E-state index is -1.11. The fraction of sp³-hybridized carbons (Fsp3) is 0.423. The average Bonchev–Trinajstić information content (AvgIpc) is 2.82. The molecule has 1 fully saturated rings. The third-order valence-corrected chi connectivity index (χ3v) is 6.70. The molecule has 2 N–H and O–H groups in total. The van der Waals surface area contributed by atoms with Crippen LogP contribution in [0, 0.1) is 5.92 Å². The Kier molecular flexibility index (Phi) is 9.42. The van der Waals surface area contributed by atoms with Crippen LogP contribution in [0.25, 0.3) is 11.1 Å². The number of carbonyl (C=O) groups excluding carboxylic acids is 1. The number of amides is 1. The zero-order valence-corrected chi connectivity index (χ0v) is 21.3. The van der Waals surface area contributed by atoms with Crippen LogP contribution in [0.2, 0.25) is 0 Å². The third-order valence-electron chi connectivity index (χ3n) is 6.08. The zero-order valence-electron chi connectivity index (χ0n) is 20.5. The fourth-order valence-corrected chi connectivity index (χ4v) is 4.56. The van der Waals surface area contributed by atoms with Crippen LogP contribution in [-0.2, 0) is 26.6 Å². The van der Waals surface area contributed by atoms with Gasteiger partial charge in [0.25, 0.3) is 5.91 Å². The van der Waals surface area contributed by atoms with Crippen molar-refractivity contribution in [2.24, 2.45) is 11.1 Å². The Balaban J connectivity index is 1.79. The van der Waals surface area contributed by atoms with Crippen molar-refractivity contribution in [1.82, 2.24) is 5.32 Å². The van der Waals surface area contributed by atoms with Gasteiger partial charge in [-0.15, -0.1) is 0 Å². The monoisotopic (exact) mass is 500 g/mol. The van der Waals surface area contributed by atoms with E-state index < -0.39 is 17.9 Å². The molecule has 0 aromatic heterocycles. The van der Waals surface area contributed by atoms with Crippen molar-refractivity contribution in [1.29, 1.82) is 0 Å². The first-order valence-corrected chi connectivity index (χ1v) is 12.8. The van der Waals surface area contributed by atoms with Crippen LogP contribution in [0.3, 0.4) is 0 Å². The second-order valence-corrected chi connectivity index (χ2v) is 9.23. The molecule has 0 saturated heterocycles. The lowest BCUT2D eigenvalue weighted by Gasteiger charge is -2.26. The molecule has 1 amide bonds. The molecule has 8 nitrogen and oxygen atoms in total. The number of hydrogen-bond acceptors (Lipinski definition) is 7. The average molecular weight is 501 g/mol. The molecule has 1 aliphatic carbocycles. The molecule has 1 saturated carbocycles. The molecule has 2 aromatic rings. The van der Waals surface area contributed by atoms with Crippen molar-refractivity contribution in [2.75, 3.05) is 27.6 Å².